The van der Waals surface area contributed by atoms with Crippen molar-refractivity contribution in [2.75, 3.05) is 35.6 Å². The van der Waals surface area contributed by atoms with Crippen molar-refractivity contribution in [2.45, 2.75) is 38.4 Å². The van der Waals surface area contributed by atoms with Crippen molar-refractivity contribution in [1.29, 1.82) is 0 Å². The number of aromatic nitrogens is 5. The lowest BCUT2D eigenvalue weighted by Crippen LogP contribution is -2.44. The van der Waals surface area contributed by atoms with E-state index in [2.05, 4.69) is 51.7 Å². The molecule has 2 aromatic carbocycles. The fourth-order valence-corrected chi connectivity index (χ4v) is 4.94. The van der Waals surface area contributed by atoms with Crippen LogP contribution in [0.1, 0.15) is 42.6 Å². The smallest absolute Gasteiger partial charge is 0.422 e. The van der Waals surface area contributed by atoms with Crippen LogP contribution >= 0.6 is 22.9 Å². The summed E-state index contributed by atoms with van der Waals surface area (Å²) in [6.45, 7) is 2.27. The van der Waals surface area contributed by atoms with Crippen molar-refractivity contribution in [3.8, 4) is 6.01 Å². The van der Waals surface area contributed by atoms with Gasteiger partial charge in [-0.3, -0.25) is 19.7 Å². The molecule has 0 saturated heterocycles. The predicted octanol–water partition coefficient (Wildman–Crippen LogP) is 4.67. The van der Waals surface area contributed by atoms with Gasteiger partial charge in [0.2, 0.25) is 17.0 Å². The molecule has 0 spiro atoms. The summed E-state index contributed by atoms with van der Waals surface area (Å²) >= 11 is 7.09. The number of ether oxygens (including phenoxy) is 1. The average molecular weight is 719 g/mol. The van der Waals surface area contributed by atoms with Gasteiger partial charge in [-0.1, -0.05) is 48.9 Å². The maximum atomic E-state index is 12.9. The second-order valence-corrected chi connectivity index (χ2v) is 13.1. The SMILES string of the molecule is CC(C)(CNC(=O)C(=O)Nc1nncs1)CNC(=O)c1ccc(Nc2nc(NC3(c4ccc(Cl)cc4)CC3)nc(OCC(F)(F)F)n2)cc1. The van der Waals surface area contributed by atoms with Crippen LogP contribution in [0.3, 0.4) is 0 Å². The quantitative estimate of drug-likeness (QED) is 0.121. The van der Waals surface area contributed by atoms with Crippen molar-refractivity contribution in [3.05, 3.63) is 70.2 Å². The molecule has 0 radical (unpaired) electrons. The van der Waals surface area contributed by atoms with Crippen LogP contribution in [-0.4, -0.2) is 68.7 Å². The van der Waals surface area contributed by atoms with Gasteiger partial charge >= 0.3 is 24.0 Å². The highest BCUT2D eigenvalue weighted by atomic mass is 35.5. The summed E-state index contributed by atoms with van der Waals surface area (Å²) in [4.78, 5) is 49.4. The number of rotatable bonds is 13. The number of carbonyl (C=O) groups is 3. The lowest BCUT2D eigenvalue weighted by molar-refractivity contribution is -0.154. The van der Waals surface area contributed by atoms with Crippen molar-refractivity contribution < 1.29 is 32.3 Å². The number of nitrogens with zero attached hydrogens (tertiary/aromatic N) is 5. The number of halogens is 4. The molecule has 5 N–H and O–H groups in total. The zero-order valence-corrected chi connectivity index (χ0v) is 27.6. The molecule has 258 valence electrons. The second kappa shape index (κ2) is 14.6. The van der Waals surface area contributed by atoms with E-state index in [1.165, 1.54) is 17.6 Å². The van der Waals surface area contributed by atoms with Gasteiger partial charge < -0.3 is 26.0 Å². The third-order valence-electron chi connectivity index (χ3n) is 7.12. The molecule has 0 bridgehead atoms. The van der Waals surface area contributed by atoms with Crippen molar-refractivity contribution >= 4 is 63.4 Å². The maximum absolute atomic E-state index is 12.9. The standard InChI is InChI=1S/C30H30ClF3N10O4S/c1-28(2,14-36-22(46)23(47)39-27-44-37-16-49-27)13-35-21(45)17-3-9-20(10-4-17)38-24-40-25(42-26(41-24)48-15-30(32,33)34)43-29(11-12-29)18-5-7-19(31)8-6-18/h3-10,16H,11-15H2,1-2H3,(H,35,45)(H,36,46)(H,39,44,47)(H2,38,40,41,42,43). The van der Waals surface area contributed by atoms with Gasteiger partial charge in [-0.25, -0.2) is 0 Å². The highest BCUT2D eigenvalue weighted by Gasteiger charge is 2.45. The molecule has 2 aromatic heterocycles. The van der Waals surface area contributed by atoms with E-state index >= 15 is 0 Å². The van der Waals surface area contributed by atoms with Crippen LogP contribution in [0.15, 0.2) is 54.0 Å². The first-order valence-electron chi connectivity index (χ1n) is 14.7. The van der Waals surface area contributed by atoms with Crippen LogP contribution in [-0.2, 0) is 15.1 Å². The molecule has 0 unspecified atom stereocenters. The Balaban J connectivity index is 1.19. The number of benzene rings is 2. The van der Waals surface area contributed by atoms with Gasteiger partial charge in [0.05, 0.1) is 5.54 Å². The fraction of sp³-hybridized carbons (Fsp3) is 0.333. The van der Waals surface area contributed by atoms with Gasteiger partial charge in [0.15, 0.2) is 6.61 Å². The number of hydrogen-bond acceptors (Lipinski definition) is 12. The Bertz CT molecular complexity index is 1790. The normalized spacial score (nSPS) is 13.6. The van der Waals surface area contributed by atoms with Gasteiger partial charge in [0, 0.05) is 29.4 Å². The highest BCUT2D eigenvalue weighted by Crippen LogP contribution is 2.48. The lowest BCUT2D eigenvalue weighted by atomic mass is 9.93. The average Bonchev–Trinajstić information content (AvgIpc) is 3.64. The number of alkyl halides is 3. The number of nitrogens with one attached hydrogen (secondary N) is 5. The molecule has 1 aliphatic carbocycles. The first-order chi connectivity index (χ1) is 23.2. The number of carbonyl (C=O) groups excluding carboxylic acids is 3. The van der Waals surface area contributed by atoms with Gasteiger partial charge in [-0.15, -0.1) is 10.2 Å². The largest absolute Gasteiger partial charge is 0.454 e. The van der Waals surface area contributed by atoms with E-state index in [0.29, 0.717) is 16.3 Å². The van der Waals surface area contributed by atoms with Crippen LogP contribution < -0.4 is 31.3 Å². The van der Waals surface area contributed by atoms with E-state index in [4.69, 9.17) is 16.3 Å². The summed E-state index contributed by atoms with van der Waals surface area (Å²) < 4.78 is 43.5. The number of amides is 3. The molecule has 19 heteroatoms. The second-order valence-electron chi connectivity index (χ2n) is 11.8. The van der Waals surface area contributed by atoms with Gasteiger partial charge in [-0.05, 0) is 60.2 Å². The lowest BCUT2D eigenvalue weighted by Gasteiger charge is -2.25. The van der Waals surface area contributed by atoms with Crippen LogP contribution in [0.25, 0.3) is 0 Å². The van der Waals surface area contributed by atoms with Crippen LogP contribution in [0.4, 0.5) is 35.9 Å². The molecule has 4 aromatic rings. The van der Waals surface area contributed by atoms with E-state index in [-0.39, 0.29) is 30.1 Å². The van der Waals surface area contributed by atoms with Crippen LogP contribution in [0, 0.1) is 5.41 Å². The summed E-state index contributed by atoms with van der Waals surface area (Å²) in [7, 11) is 0. The van der Waals surface area contributed by atoms with Crippen molar-refractivity contribution in [2.24, 2.45) is 5.41 Å². The van der Waals surface area contributed by atoms with Crippen LogP contribution in [0.5, 0.6) is 6.01 Å². The first kappa shape index (κ1) is 35.2. The summed E-state index contributed by atoms with van der Waals surface area (Å²) in [6, 6.07) is 12.9. The number of anilines is 4. The highest BCUT2D eigenvalue weighted by molar-refractivity contribution is 7.13. The molecule has 5 rings (SSSR count). The third-order valence-corrected chi connectivity index (χ3v) is 7.98. The minimum atomic E-state index is -4.61. The topological polar surface area (TPSA) is 185 Å². The zero-order valence-electron chi connectivity index (χ0n) is 26.0. The monoisotopic (exact) mass is 718 g/mol. The summed E-state index contributed by atoms with van der Waals surface area (Å²) in [5.74, 6) is -2.21. The summed E-state index contributed by atoms with van der Waals surface area (Å²) in [6.07, 6.45) is -3.13. The Kier molecular flexibility index (Phi) is 10.5. The Labute approximate surface area is 286 Å². The molecule has 2 heterocycles. The third kappa shape index (κ3) is 10.2. The van der Waals surface area contributed by atoms with E-state index in [0.717, 1.165) is 29.7 Å². The first-order valence-corrected chi connectivity index (χ1v) is 15.9. The van der Waals surface area contributed by atoms with Gasteiger partial charge in [0.25, 0.3) is 5.91 Å². The maximum Gasteiger partial charge on any atom is 0.422 e. The molecule has 0 atom stereocenters. The predicted molar refractivity (Wildman–Crippen MR) is 175 cm³/mol. The van der Waals surface area contributed by atoms with E-state index in [9.17, 15) is 27.6 Å². The summed E-state index contributed by atoms with van der Waals surface area (Å²) in [5, 5.41) is 21.8. The van der Waals surface area contributed by atoms with E-state index < -0.39 is 47.5 Å². The van der Waals surface area contributed by atoms with Crippen molar-refractivity contribution in [1.82, 2.24) is 35.8 Å². The van der Waals surface area contributed by atoms with Gasteiger partial charge in [0.1, 0.15) is 5.51 Å². The Morgan fingerprint density at radius 1 is 0.918 bits per heavy atom. The Hall–Kier alpha value is -5.10. The molecular formula is C30H30ClF3N10O4S. The number of hydrogen-bond donors (Lipinski definition) is 5. The Morgan fingerprint density at radius 3 is 2.22 bits per heavy atom. The molecule has 14 nitrogen and oxygen atoms in total. The molecule has 1 saturated carbocycles. The van der Waals surface area contributed by atoms with Crippen LogP contribution in [0.2, 0.25) is 5.02 Å². The van der Waals surface area contributed by atoms with Crippen molar-refractivity contribution in [3.63, 3.8) is 0 Å². The van der Waals surface area contributed by atoms with E-state index in [1.807, 2.05) is 12.1 Å². The molecule has 49 heavy (non-hydrogen) atoms. The molecule has 0 aliphatic heterocycles. The van der Waals surface area contributed by atoms with E-state index in [1.54, 1.807) is 38.1 Å². The molecular weight excluding hydrogens is 689 g/mol. The van der Waals surface area contributed by atoms with Gasteiger partial charge in [-0.2, -0.15) is 28.1 Å². The Morgan fingerprint density at radius 2 is 1.59 bits per heavy atom. The molecule has 1 fully saturated rings. The molecule has 1 aliphatic rings. The molecule has 3 amide bonds. The zero-order chi connectivity index (χ0) is 35.2. The summed E-state index contributed by atoms with van der Waals surface area (Å²) in [5.41, 5.74) is 1.94. The minimum Gasteiger partial charge on any atom is -0.454 e. The fourth-order valence-electron chi connectivity index (χ4n) is 4.37. The minimum absolute atomic E-state index is 0.00868.